The molecule has 3 heteroatoms. The van der Waals surface area contributed by atoms with E-state index in [-0.39, 0.29) is 17.0 Å². The molecule has 0 radical (unpaired) electrons. The van der Waals surface area contributed by atoms with Crippen LogP contribution in [0.5, 0.6) is 0 Å². The molecule has 3 aliphatic rings. The van der Waals surface area contributed by atoms with Gasteiger partial charge in [-0.2, -0.15) is 0 Å². The molecule has 2 bridgehead atoms. The van der Waals surface area contributed by atoms with Crippen molar-refractivity contribution in [2.45, 2.75) is 44.1 Å². The molecule has 0 aliphatic heterocycles. The van der Waals surface area contributed by atoms with Crippen LogP contribution in [-0.2, 0) is 14.3 Å². The third-order valence-electron chi connectivity index (χ3n) is 4.44. The van der Waals surface area contributed by atoms with E-state index in [0.29, 0.717) is 0 Å². The van der Waals surface area contributed by atoms with E-state index in [1.165, 1.54) is 7.11 Å². The Kier molecular flexibility index (Phi) is 3.06. The number of fused-ring (bicyclic) bond motifs is 3. The van der Waals surface area contributed by atoms with E-state index < -0.39 is 0 Å². The number of hydrogen-bond acceptors (Lipinski definition) is 3. The first kappa shape index (κ1) is 11.6. The summed E-state index contributed by atoms with van der Waals surface area (Å²) in [5.74, 6) is -0.247. The number of ether oxygens (including phenoxy) is 2. The number of hydrogen-bond donors (Lipinski definition) is 0. The molecule has 3 rings (SSSR count). The van der Waals surface area contributed by atoms with Crippen LogP contribution in [0.2, 0.25) is 0 Å². The lowest BCUT2D eigenvalue weighted by atomic mass is 9.58. The van der Waals surface area contributed by atoms with Crippen LogP contribution in [0, 0.1) is 5.41 Å². The molecule has 3 fully saturated rings. The van der Waals surface area contributed by atoms with Gasteiger partial charge in [-0.3, -0.25) is 0 Å². The Bertz CT molecular complexity index is 282. The third kappa shape index (κ3) is 2.01. The fourth-order valence-corrected chi connectivity index (χ4v) is 3.05. The van der Waals surface area contributed by atoms with Crippen molar-refractivity contribution in [1.82, 2.24) is 0 Å². The van der Waals surface area contributed by atoms with Gasteiger partial charge in [-0.1, -0.05) is 6.08 Å². The molecule has 0 spiro atoms. The van der Waals surface area contributed by atoms with Crippen molar-refractivity contribution in [3.8, 4) is 0 Å². The summed E-state index contributed by atoms with van der Waals surface area (Å²) in [6.45, 7) is 0. The molecule has 0 amide bonds. The van der Waals surface area contributed by atoms with Crippen molar-refractivity contribution in [3.63, 3.8) is 0 Å². The smallest absolute Gasteiger partial charge is 0.330 e. The lowest BCUT2D eigenvalue weighted by Gasteiger charge is -2.51. The van der Waals surface area contributed by atoms with Gasteiger partial charge in [0, 0.05) is 13.2 Å². The Balaban J connectivity index is 2.02. The minimum Gasteiger partial charge on any atom is -0.466 e. The summed E-state index contributed by atoms with van der Waals surface area (Å²) in [6.07, 6.45) is 10.4. The maximum atomic E-state index is 11.1. The van der Waals surface area contributed by atoms with Gasteiger partial charge in [0.25, 0.3) is 0 Å². The molecule has 0 atom stereocenters. The zero-order valence-electron chi connectivity index (χ0n) is 10.1. The van der Waals surface area contributed by atoms with Gasteiger partial charge in [0.05, 0.1) is 12.7 Å². The quantitative estimate of drug-likeness (QED) is 0.545. The molecule has 90 valence electrons. The van der Waals surface area contributed by atoms with Crippen LogP contribution in [0.3, 0.4) is 0 Å². The molecule has 0 heterocycles. The largest absolute Gasteiger partial charge is 0.466 e. The molecule has 0 aromatic heterocycles. The molecule has 0 aromatic carbocycles. The van der Waals surface area contributed by atoms with Crippen molar-refractivity contribution < 1.29 is 14.3 Å². The van der Waals surface area contributed by atoms with Crippen LogP contribution in [0.25, 0.3) is 0 Å². The lowest BCUT2D eigenvalue weighted by molar-refractivity contribution is -0.135. The molecule has 0 unspecified atom stereocenters. The van der Waals surface area contributed by atoms with Gasteiger partial charge in [0.2, 0.25) is 0 Å². The standard InChI is InChI=1S/C13H20O3/c1-15-11(14)3-4-12-5-8-13(16-2,9-6-12)10-7-12/h3-4H,5-10H2,1-2H3. The molecule has 0 saturated heterocycles. The minimum absolute atomic E-state index is 0.140. The monoisotopic (exact) mass is 224 g/mol. The van der Waals surface area contributed by atoms with Gasteiger partial charge in [-0.05, 0) is 43.9 Å². The van der Waals surface area contributed by atoms with E-state index in [0.717, 1.165) is 38.5 Å². The first-order valence-corrected chi connectivity index (χ1v) is 5.96. The van der Waals surface area contributed by atoms with Crippen molar-refractivity contribution in [2.24, 2.45) is 5.41 Å². The number of allylic oxidation sites excluding steroid dienone is 1. The second kappa shape index (κ2) is 4.21. The van der Waals surface area contributed by atoms with Gasteiger partial charge in [0.1, 0.15) is 0 Å². The van der Waals surface area contributed by atoms with Crippen LogP contribution in [0.15, 0.2) is 12.2 Å². The minimum atomic E-state index is -0.247. The Morgan fingerprint density at radius 3 is 2.06 bits per heavy atom. The van der Waals surface area contributed by atoms with E-state index in [2.05, 4.69) is 10.8 Å². The highest BCUT2D eigenvalue weighted by atomic mass is 16.5. The number of methoxy groups -OCH3 is 2. The van der Waals surface area contributed by atoms with E-state index in [4.69, 9.17) is 4.74 Å². The summed E-state index contributed by atoms with van der Waals surface area (Å²) < 4.78 is 10.3. The lowest BCUT2D eigenvalue weighted by Crippen LogP contribution is -2.46. The van der Waals surface area contributed by atoms with E-state index in [1.807, 2.05) is 7.11 Å². The average Bonchev–Trinajstić information content (AvgIpc) is 2.38. The maximum Gasteiger partial charge on any atom is 0.330 e. The van der Waals surface area contributed by atoms with Crippen molar-refractivity contribution >= 4 is 5.97 Å². The fourth-order valence-electron chi connectivity index (χ4n) is 3.05. The SMILES string of the molecule is COC(=O)C=CC12CCC(OC)(CC1)CC2. The zero-order valence-corrected chi connectivity index (χ0v) is 10.1. The summed E-state index contributed by atoms with van der Waals surface area (Å²) in [5.41, 5.74) is 0.370. The molecular weight excluding hydrogens is 204 g/mol. The van der Waals surface area contributed by atoms with Gasteiger partial charge >= 0.3 is 5.97 Å². The first-order valence-electron chi connectivity index (χ1n) is 5.96. The van der Waals surface area contributed by atoms with Crippen LogP contribution >= 0.6 is 0 Å². The highest BCUT2D eigenvalue weighted by Gasteiger charge is 2.47. The Hall–Kier alpha value is -0.830. The Labute approximate surface area is 96.8 Å². The second-order valence-corrected chi connectivity index (χ2v) is 5.11. The van der Waals surface area contributed by atoms with Gasteiger partial charge in [0.15, 0.2) is 0 Å². The Morgan fingerprint density at radius 1 is 1.06 bits per heavy atom. The van der Waals surface area contributed by atoms with E-state index >= 15 is 0 Å². The normalized spacial score (nSPS) is 37.9. The van der Waals surface area contributed by atoms with Gasteiger partial charge in [-0.25, -0.2) is 4.79 Å². The molecule has 3 saturated carbocycles. The first-order chi connectivity index (χ1) is 7.64. The summed E-state index contributed by atoms with van der Waals surface area (Å²) in [4.78, 5) is 11.1. The molecular formula is C13H20O3. The summed E-state index contributed by atoms with van der Waals surface area (Å²) >= 11 is 0. The summed E-state index contributed by atoms with van der Waals surface area (Å²) in [7, 11) is 3.24. The van der Waals surface area contributed by atoms with Crippen molar-refractivity contribution in [1.29, 1.82) is 0 Å². The predicted octanol–water partition coefficient (Wildman–Crippen LogP) is 2.46. The van der Waals surface area contributed by atoms with Crippen LogP contribution in [-0.4, -0.2) is 25.8 Å². The molecule has 16 heavy (non-hydrogen) atoms. The van der Waals surface area contributed by atoms with Gasteiger partial charge < -0.3 is 9.47 Å². The summed E-state index contributed by atoms with van der Waals surface area (Å²) in [6, 6.07) is 0. The second-order valence-electron chi connectivity index (χ2n) is 5.11. The molecule has 3 nitrogen and oxygen atoms in total. The molecule has 0 N–H and O–H groups in total. The highest BCUT2D eigenvalue weighted by molar-refractivity contribution is 5.81. The van der Waals surface area contributed by atoms with Crippen LogP contribution in [0.4, 0.5) is 0 Å². The summed E-state index contributed by atoms with van der Waals surface area (Å²) in [5, 5.41) is 0. The van der Waals surface area contributed by atoms with E-state index in [9.17, 15) is 4.79 Å². The predicted molar refractivity (Wildman–Crippen MR) is 61.0 cm³/mol. The highest BCUT2D eigenvalue weighted by Crippen LogP contribution is 2.54. The van der Waals surface area contributed by atoms with E-state index in [1.54, 1.807) is 6.08 Å². The number of esters is 1. The van der Waals surface area contributed by atoms with Crippen LogP contribution < -0.4 is 0 Å². The Morgan fingerprint density at radius 2 is 1.62 bits per heavy atom. The maximum absolute atomic E-state index is 11.1. The van der Waals surface area contributed by atoms with Crippen molar-refractivity contribution in [3.05, 3.63) is 12.2 Å². The third-order valence-corrected chi connectivity index (χ3v) is 4.44. The average molecular weight is 224 g/mol. The topological polar surface area (TPSA) is 35.5 Å². The number of carbonyl (C=O) groups is 1. The molecule has 3 aliphatic carbocycles. The van der Waals surface area contributed by atoms with Crippen molar-refractivity contribution in [2.75, 3.05) is 14.2 Å². The fraction of sp³-hybridized carbons (Fsp3) is 0.769. The van der Waals surface area contributed by atoms with Gasteiger partial charge in [-0.15, -0.1) is 0 Å². The zero-order chi connectivity index (χ0) is 11.6. The van der Waals surface area contributed by atoms with Crippen LogP contribution in [0.1, 0.15) is 38.5 Å². The molecule has 0 aromatic rings. The number of carbonyl (C=O) groups excluding carboxylic acids is 1. The number of rotatable bonds is 3.